The van der Waals surface area contributed by atoms with E-state index < -0.39 is 11.6 Å². The van der Waals surface area contributed by atoms with Gasteiger partial charge in [0, 0.05) is 19.2 Å². The molecule has 1 aliphatic rings. The molecule has 1 aliphatic heterocycles. The maximum Gasteiger partial charge on any atom is 0.167 e. The number of nitrogens with zero attached hydrogens (tertiary/aromatic N) is 1. The summed E-state index contributed by atoms with van der Waals surface area (Å²) in [4.78, 5) is 2.33. The van der Waals surface area contributed by atoms with E-state index in [4.69, 9.17) is 4.74 Å². The molecule has 0 aliphatic carbocycles. The van der Waals surface area contributed by atoms with E-state index in [0.717, 1.165) is 38.5 Å². The standard InChI is InChI=1S/C13H17F2NO/c1-2-16-7-5-11(6-8-16)17-13-4-3-10(14)9-12(13)15/h3-4,9,11H,2,5-8H2,1H3. The van der Waals surface area contributed by atoms with Crippen LogP contribution in [-0.4, -0.2) is 30.6 Å². The summed E-state index contributed by atoms with van der Waals surface area (Å²) < 4.78 is 31.7. The second-order valence-electron chi connectivity index (χ2n) is 4.33. The van der Waals surface area contributed by atoms with E-state index in [0.29, 0.717) is 0 Å². The monoisotopic (exact) mass is 241 g/mol. The molecule has 0 atom stereocenters. The highest BCUT2D eigenvalue weighted by molar-refractivity contribution is 5.24. The summed E-state index contributed by atoms with van der Waals surface area (Å²) in [5, 5.41) is 0. The molecule has 4 heteroatoms. The van der Waals surface area contributed by atoms with Gasteiger partial charge in [-0.2, -0.15) is 0 Å². The molecule has 0 saturated carbocycles. The topological polar surface area (TPSA) is 12.5 Å². The van der Waals surface area contributed by atoms with Crippen LogP contribution in [0.15, 0.2) is 18.2 Å². The molecule has 2 nitrogen and oxygen atoms in total. The zero-order valence-corrected chi connectivity index (χ0v) is 9.96. The van der Waals surface area contributed by atoms with Gasteiger partial charge in [0.2, 0.25) is 0 Å². The normalized spacial score (nSPS) is 18.3. The maximum absolute atomic E-state index is 13.4. The number of piperidine rings is 1. The molecule has 1 heterocycles. The van der Waals surface area contributed by atoms with Crippen molar-refractivity contribution in [2.24, 2.45) is 0 Å². The summed E-state index contributed by atoms with van der Waals surface area (Å²) in [5.74, 6) is -1.04. The van der Waals surface area contributed by atoms with Crippen LogP contribution in [0.2, 0.25) is 0 Å². The third kappa shape index (κ3) is 3.16. The molecule has 2 rings (SSSR count). The van der Waals surface area contributed by atoms with E-state index in [1.165, 1.54) is 12.1 Å². The number of ether oxygens (including phenoxy) is 1. The SMILES string of the molecule is CCN1CCC(Oc2ccc(F)cc2F)CC1. The van der Waals surface area contributed by atoms with Gasteiger partial charge >= 0.3 is 0 Å². The molecule has 0 N–H and O–H groups in total. The molecule has 0 unspecified atom stereocenters. The minimum Gasteiger partial charge on any atom is -0.487 e. The van der Waals surface area contributed by atoms with Crippen molar-refractivity contribution in [1.82, 2.24) is 4.90 Å². The van der Waals surface area contributed by atoms with Gasteiger partial charge in [0.1, 0.15) is 11.9 Å². The van der Waals surface area contributed by atoms with Crippen molar-refractivity contribution in [3.63, 3.8) is 0 Å². The number of halogens is 2. The molecule has 0 spiro atoms. The van der Waals surface area contributed by atoms with Crippen LogP contribution in [-0.2, 0) is 0 Å². The lowest BCUT2D eigenvalue weighted by atomic mass is 10.1. The number of rotatable bonds is 3. The summed E-state index contributed by atoms with van der Waals surface area (Å²) in [6.07, 6.45) is 1.83. The fourth-order valence-corrected chi connectivity index (χ4v) is 2.09. The van der Waals surface area contributed by atoms with Crippen LogP contribution in [0.4, 0.5) is 8.78 Å². The summed E-state index contributed by atoms with van der Waals surface area (Å²) in [6.45, 7) is 5.12. The van der Waals surface area contributed by atoms with Gasteiger partial charge in [-0.25, -0.2) is 8.78 Å². The Hall–Kier alpha value is -1.16. The van der Waals surface area contributed by atoms with Gasteiger partial charge in [-0.1, -0.05) is 6.92 Å². The number of benzene rings is 1. The van der Waals surface area contributed by atoms with E-state index in [2.05, 4.69) is 11.8 Å². The van der Waals surface area contributed by atoms with Crippen molar-refractivity contribution in [2.45, 2.75) is 25.9 Å². The predicted octanol–water partition coefficient (Wildman–Crippen LogP) is 2.83. The Morgan fingerprint density at radius 3 is 2.59 bits per heavy atom. The molecular weight excluding hydrogens is 224 g/mol. The Bertz CT molecular complexity index is 376. The smallest absolute Gasteiger partial charge is 0.167 e. The quantitative estimate of drug-likeness (QED) is 0.806. The van der Waals surface area contributed by atoms with E-state index in [1.807, 2.05) is 0 Å². The average molecular weight is 241 g/mol. The highest BCUT2D eigenvalue weighted by atomic mass is 19.1. The minimum absolute atomic E-state index is 0.0396. The van der Waals surface area contributed by atoms with E-state index >= 15 is 0 Å². The first kappa shape index (κ1) is 12.3. The number of hydrogen-bond acceptors (Lipinski definition) is 2. The van der Waals surface area contributed by atoms with Crippen molar-refractivity contribution in [3.8, 4) is 5.75 Å². The lowest BCUT2D eigenvalue weighted by Crippen LogP contribution is -2.38. The van der Waals surface area contributed by atoms with Gasteiger partial charge in [0.15, 0.2) is 11.6 Å². The number of likely N-dealkylation sites (tertiary alicyclic amines) is 1. The highest BCUT2D eigenvalue weighted by Gasteiger charge is 2.20. The molecular formula is C13H17F2NO. The third-order valence-electron chi connectivity index (χ3n) is 3.17. The summed E-state index contributed by atoms with van der Waals surface area (Å²) in [5.41, 5.74) is 0. The van der Waals surface area contributed by atoms with Crippen molar-refractivity contribution < 1.29 is 13.5 Å². The molecule has 17 heavy (non-hydrogen) atoms. The van der Waals surface area contributed by atoms with Gasteiger partial charge in [0.05, 0.1) is 0 Å². The molecule has 0 radical (unpaired) electrons. The molecule has 1 saturated heterocycles. The fourth-order valence-electron chi connectivity index (χ4n) is 2.09. The molecule has 1 fully saturated rings. The Labute approximate surface area is 100 Å². The Morgan fingerprint density at radius 2 is 2.00 bits per heavy atom. The maximum atomic E-state index is 13.4. The van der Waals surface area contributed by atoms with Crippen molar-refractivity contribution in [2.75, 3.05) is 19.6 Å². The van der Waals surface area contributed by atoms with Gasteiger partial charge in [0.25, 0.3) is 0 Å². The van der Waals surface area contributed by atoms with E-state index in [-0.39, 0.29) is 11.9 Å². The first-order valence-corrected chi connectivity index (χ1v) is 6.03. The van der Waals surface area contributed by atoms with Gasteiger partial charge < -0.3 is 9.64 Å². The Balaban J connectivity index is 1.93. The largest absolute Gasteiger partial charge is 0.487 e. The molecule has 94 valence electrons. The summed E-state index contributed by atoms with van der Waals surface area (Å²) in [6, 6.07) is 3.44. The van der Waals surface area contributed by atoms with Gasteiger partial charge in [-0.05, 0) is 31.5 Å². The average Bonchev–Trinajstić information content (AvgIpc) is 2.34. The lowest BCUT2D eigenvalue weighted by molar-refractivity contribution is 0.1000. The van der Waals surface area contributed by atoms with E-state index in [9.17, 15) is 8.78 Å². The summed E-state index contributed by atoms with van der Waals surface area (Å²) >= 11 is 0. The second kappa shape index (κ2) is 5.45. The predicted molar refractivity (Wildman–Crippen MR) is 62.1 cm³/mol. The molecule has 1 aromatic carbocycles. The van der Waals surface area contributed by atoms with Gasteiger partial charge in [-0.15, -0.1) is 0 Å². The van der Waals surface area contributed by atoms with Crippen molar-refractivity contribution in [3.05, 3.63) is 29.8 Å². The fraction of sp³-hybridized carbons (Fsp3) is 0.538. The van der Waals surface area contributed by atoms with Crippen molar-refractivity contribution in [1.29, 1.82) is 0 Å². The van der Waals surface area contributed by atoms with Gasteiger partial charge in [-0.3, -0.25) is 0 Å². The molecule has 0 amide bonds. The zero-order chi connectivity index (χ0) is 12.3. The zero-order valence-electron chi connectivity index (χ0n) is 9.96. The lowest BCUT2D eigenvalue weighted by Gasteiger charge is -2.31. The van der Waals surface area contributed by atoms with Crippen LogP contribution in [0.1, 0.15) is 19.8 Å². The van der Waals surface area contributed by atoms with Crippen LogP contribution in [0.25, 0.3) is 0 Å². The van der Waals surface area contributed by atoms with Crippen LogP contribution in [0.3, 0.4) is 0 Å². The van der Waals surface area contributed by atoms with Crippen LogP contribution >= 0.6 is 0 Å². The first-order chi connectivity index (χ1) is 8.19. The Kier molecular flexibility index (Phi) is 3.94. The van der Waals surface area contributed by atoms with Crippen LogP contribution in [0.5, 0.6) is 5.75 Å². The molecule has 1 aromatic rings. The molecule has 0 aromatic heterocycles. The van der Waals surface area contributed by atoms with Crippen LogP contribution in [0, 0.1) is 11.6 Å². The van der Waals surface area contributed by atoms with Crippen LogP contribution < -0.4 is 4.74 Å². The Morgan fingerprint density at radius 1 is 1.29 bits per heavy atom. The third-order valence-corrected chi connectivity index (χ3v) is 3.17. The number of hydrogen-bond donors (Lipinski definition) is 0. The molecule has 0 bridgehead atoms. The minimum atomic E-state index is -0.622. The van der Waals surface area contributed by atoms with Crippen molar-refractivity contribution >= 4 is 0 Å². The first-order valence-electron chi connectivity index (χ1n) is 6.03. The second-order valence-corrected chi connectivity index (χ2v) is 4.33. The highest BCUT2D eigenvalue weighted by Crippen LogP contribution is 2.22. The van der Waals surface area contributed by atoms with E-state index in [1.54, 1.807) is 0 Å². The summed E-state index contributed by atoms with van der Waals surface area (Å²) in [7, 11) is 0.